The van der Waals surface area contributed by atoms with Gasteiger partial charge in [-0.2, -0.15) is 0 Å². The summed E-state index contributed by atoms with van der Waals surface area (Å²) in [5.41, 5.74) is 0.911. The Balaban J connectivity index is 2.41. The summed E-state index contributed by atoms with van der Waals surface area (Å²) in [4.78, 5) is 0. The molecule has 0 fully saturated rings. The van der Waals surface area contributed by atoms with E-state index < -0.39 is 10.0 Å². The zero-order valence-electron chi connectivity index (χ0n) is 9.40. The fourth-order valence-electron chi connectivity index (χ4n) is 1.03. The smallest absolute Gasteiger partial charge is 0.251 e. The fourth-order valence-corrected chi connectivity index (χ4v) is 4.42. The van der Waals surface area contributed by atoms with E-state index >= 15 is 0 Å². The maximum atomic E-state index is 11.8. The minimum atomic E-state index is -3.43. The first-order valence-corrected chi connectivity index (χ1v) is 8.04. The standard InChI is InChI=1S/C10H14BrNO3S2/c1-8(2)7-15-5-4-12-17(13,14)10-9(11)3-6-16-10/h3,6,12H,1,4-5,7H2,2H3. The molecule has 0 radical (unpaired) electrons. The summed E-state index contributed by atoms with van der Waals surface area (Å²) >= 11 is 4.37. The summed E-state index contributed by atoms with van der Waals surface area (Å²) in [6.45, 7) is 6.57. The lowest BCUT2D eigenvalue weighted by atomic mass is 10.4. The molecule has 0 saturated heterocycles. The summed E-state index contributed by atoms with van der Waals surface area (Å²) in [5, 5.41) is 1.72. The van der Waals surface area contributed by atoms with Gasteiger partial charge in [0.15, 0.2) is 0 Å². The summed E-state index contributed by atoms with van der Waals surface area (Å²) in [6, 6.07) is 1.71. The summed E-state index contributed by atoms with van der Waals surface area (Å²) in [6.07, 6.45) is 0. The lowest BCUT2D eigenvalue weighted by Gasteiger charge is -2.06. The third kappa shape index (κ3) is 4.89. The number of sulfonamides is 1. The summed E-state index contributed by atoms with van der Waals surface area (Å²) < 4.78 is 32.2. The van der Waals surface area contributed by atoms with Gasteiger partial charge in [0.1, 0.15) is 4.21 Å². The van der Waals surface area contributed by atoms with Gasteiger partial charge in [-0.1, -0.05) is 12.2 Å². The highest BCUT2D eigenvalue weighted by atomic mass is 79.9. The van der Waals surface area contributed by atoms with Crippen molar-refractivity contribution in [3.8, 4) is 0 Å². The van der Waals surface area contributed by atoms with Gasteiger partial charge < -0.3 is 4.74 Å². The van der Waals surface area contributed by atoms with Crippen molar-refractivity contribution in [3.05, 3.63) is 28.1 Å². The molecule has 0 saturated carbocycles. The van der Waals surface area contributed by atoms with Crippen LogP contribution < -0.4 is 4.72 Å². The zero-order chi connectivity index (χ0) is 12.9. The molecule has 96 valence electrons. The molecular weight excluding hydrogens is 326 g/mol. The molecule has 0 bridgehead atoms. The molecule has 1 N–H and O–H groups in total. The minimum absolute atomic E-state index is 0.250. The van der Waals surface area contributed by atoms with Gasteiger partial charge in [-0.25, -0.2) is 13.1 Å². The van der Waals surface area contributed by atoms with Crippen LogP contribution in [0.5, 0.6) is 0 Å². The van der Waals surface area contributed by atoms with Crippen LogP contribution in [0.1, 0.15) is 6.92 Å². The Hall–Kier alpha value is -0.210. The highest BCUT2D eigenvalue weighted by Gasteiger charge is 2.18. The molecule has 0 aliphatic rings. The van der Waals surface area contributed by atoms with Crippen LogP contribution in [0, 0.1) is 0 Å². The van der Waals surface area contributed by atoms with Gasteiger partial charge in [-0.15, -0.1) is 11.3 Å². The minimum Gasteiger partial charge on any atom is -0.376 e. The second-order valence-corrected chi connectivity index (χ2v) is 7.20. The molecule has 1 rings (SSSR count). The van der Waals surface area contributed by atoms with E-state index in [1.165, 1.54) is 11.3 Å². The van der Waals surface area contributed by atoms with Crippen LogP contribution in [0.4, 0.5) is 0 Å². The molecule has 0 unspecified atom stereocenters. The second-order valence-electron chi connectivity index (χ2n) is 3.46. The summed E-state index contributed by atoms with van der Waals surface area (Å²) in [7, 11) is -3.43. The van der Waals surface area contributed by atoms with Gasteiger partial charge in [0.2, 0.25) is 0 Å². The monoisotopic (exact) mass is 339 g/mol. The van der Waals surface area contributed by atoms with E-state index in [2.05, 4.69) is 27.2 Å². The molecule has 0 atom stereocenters. The van der Waals surface area contributed by atoms with Crippen LogP contribution >= 0.6 is 27.3 Å². The predicted molar refractivity (Wildman–Crippen MR) is 72.8 cm³/mol. The first kappa shape index (κ1) is 14.8. The van der Waals surface area contributed by atoms with Crippen LogP contribution in [0.25, 0.3) is 0 Å². The van der Waals surface area contributed by atoms with Crippen LogP contribution in [0.2, 0.25) is 0 Å². The largest absolute Gasteiger partial charge is 0.376 e. The van der Waals surface area contributed by atoms with Crippen molar-refractivity contribution >= 4 is 37.3 Å². The van der Waals surface area contributed by atoms with Crippen molar-refractivity contribution in [2.75, 3.05) is 19.8 Å². The molecule has 0 aliphatic heterocycles. The van der Waals surface area contributed by atoms with E-state index in [0.29, 0.717) is 17.7 Å². The molecule has 0 aliphatic carbocycles. The third-order valence-corrected chi connectivity index (χ3v) is 5.85. The van der Waals surface area contributed by atoms with Gasteiger partial charge >= 0.3 is 0 Å². The fraction of sp³-hybridized carbons (Fsp3) is 0.400. The van der Waals surface area contributed by atoms with Crippen LogP contribution in [0.15, 0.2) is 32.3 Å². The lowest BCUT2D eigenvalue weighted by molar-refractivity contribution is 0.162. The number of ether oxygens (including phenoxy) is 1. The highest BCUT2D eigenvalue weighted by molar-refractivity contribution is 9.10. The van der Waals surface area contributed by atoms with E-state index in [0.717, 1.165) is 5.57 Å². The number of hydrogen-bond acceptors (Lipinski definition) is 4. The van der Waals surface area contributed by atoms with Crippen molar-refractivity contribution in [2.24, 2.45) is 0 Å². The first-order chi connectivity index (χ1) is 7.93. The number of hydrogen-bond donors (Lipinski definition) is 1. The SMILES string of the molecule is C=C(C)COCCNS(=O)(=O)c1sccc1Br. The lowest BCUT2D eigenvalue weighted by Crippen LogP contribution is -2.27. The highest BCUT2D eigenvalue weighted by Crippen LogP contribution is 2.27. The van der Waals surface area contributed by atoms with Gasteiger partial charge in [0.25, 0.3) is 10.0 Å². The Morgan fingerprint density at radius 3 is 2.88 bits per heavy atom. The van der Waals surface area contributed by atoms with Gasteiger partial charge in [0.05, 0.1) is 13.2 Å². The zero-order valence-corrected chi connectivity index (χ0v) is 12.6. The van der Waals surface area contributed by atoms with E-state index in [1.807, 2.05) is 6.92 Å². The van der Waals surface area contributed by atoms with Gasteiger partial charge in [-0.3, -0.25) is 0 Å². The molecular formula is C10H14BrNO3S2. The average molecular weight is 340 g/mol. The maximum Gasteiger partial charge on any atom is 0.251 e. The Morgan fingerprint density at radius 1 is 1.65 bits per heavy atom. The van der Waals surface area contributed by atoms with Crippen molar-refractivity contribution in [1.82, 2.24) is 4.72 Å². The Labute approximate surface area is 114 Å². The van der Waals surface area contributed by atoms with Crippen molar-refractivity contribution in [1.29, 1.82) is 0 Å². The van der Waals surface area contributed by atoms with E-state index in [1.54, 1.807) is 11.4 Å². The van der Waals surface area contributed by atoms with Gasteiger partial charge in [-0.05, 0) is 34.3 Å². The Bertz CT molecular complexity index is 481. The predicted octanol–water partition coefficient (Wildman–Crippen LogP) is 2.38. The van der Waals surface area contributed by atoms with E-state index in [4.69, 9.17) is 4.74 Å². The number of thiophene rings is 1. The number of rotatable bonds is 7. The number of halogens is 1. The average Bonchev–Trinajstić information content (AvgIpc) is 2.64. The second kappa shape index (κ2) is 6.65. The molecule has 0 spiro atoms. The van der Waals surface area contributed by atoms with Gasteiger partial charge in [0, 0.05) is 11.0 Å². The molecule has 17 heavy (non-hydrogen) atoms. The van der Waals surface area contributed by atoms with Crippen LogP contribution in [-0.4, -0.2) is 28.2 Å². The molecule has 0 amide bonds. The van der Waals surface area contributed by atoms with Crippen LogP contribution in [0.3, 0.4) is 0 Å². The molecule has 1 heterocycles. The van der Waals surface area contributed by atoms with Crippen molar-refractivity contribution in [3.63, 3.8) is 0 Å². The Morgan fingerprint density at radius 2 is 2.35 bits per heavy atom. The molecule has 7 heteroatoms. The normalized spacial score (nSPS) is 11.6. The number of nitrogens with one attached hydrogen (secondary N) is 1. The molecule has 1 aromatic heterocycles. The van der Waals surface area contributed by atoms with Crippen LogP contribution in [-0.2, 0) is 14.8 Å². The topological polar surface area (TPSA) is 55.4 Å². The van der Waals surface area contributed by atoms with E-state index in [9.17, 15) is 8.42 Å². The molecule has 0 aromatic carbocycles. The van der Waals surface area contributed by atoms with Crippen molar-refractivity contribution in [2.45, 2.75) is 11.1 Å². The van der Waals surface area contributed by atoms with E-state index in [-0.39, 0.29) is 10.8 Å². The molecule has 4 nitrogen and oxygen atoms in total. The maximum absolute atomic E-state index is 11.8. The first-order valence-electron chi connectivity index (χ1n) is 4.88. The quantitative estimate of drug-likeness (QED) is 0.612. The molecule has 1 aromatic rings. The summed E-state index contributed by atoms with van der Waals surface area (Å²) in [5.74, 6) is 0. The van der Waals surface area contributed by atoms with Crippen molar-refractivity contribution < 1.29 is 13.2 Å². The third-order valence-electron chi connectivity index (χ3n) is 1.72. The Kier molecular flexibility index (Phi) is 5.81.